The van der Waals surface area contributed by atoms with Gasteiger partial charge in [-0.15, -0.1) is 12.4 Å². The first-order chi connectivity index (χ1) is 7.79. The molecule has 5 heteroatoms. The number of piperidine rings is 1. The Balaban J connectivity index is 0.00000144. The van der Waals surface area contributed by atoms with E-state index in [-0.39, 0.29) is 12.4 Å². The van der Waals surface area contributed by atoms with E-state index in [4.69, 9.17) is 10.3 Å². The van der Waals surface area contributed by atoms with Gasteiger partial charge >= 0.3 is 0 Å². The van der Waals surface area contributed by atoms with Gasteiger partial charge in [0.05, 0.1) is 12.2 Å². The van der Waals surface area contributed by atoms with Crippen LogP contribution in [-0.2, 0) is 6.54 Å². The molecule has 1 aromatic heterocycles. The van der Waals surface area contributed by atoms with Gasteiger partial charge in [0.2, 0.25) is 0 Å². The Kier molecular flexibility index (Phi) is 5.95. The van der Waals surface area contributed by atoms with Crippen LogP contribution in [0.2, 0.25) is 0 Å². The fourth-order valence-electron chi connectivity index (χ4n) is 2.48. The van der Waals surface area contributed by atoms with Crippen molar-refractivity contribution in [2.75, 3.05) is 13.1 Å². The van der Waals surface area contributed by atoms with Crippen molar-refractivity contribution in [3.8, 4) is 0 Å². The van der Waals surface area contributed by atoms with Crippen molar-refractivity contribution in [3.63, 3.8) is 0 Å². The minimum absolute atomic E-state index is 0. The summed E-state index contributed by atoms with van der Waals surface area (Å²) in [5.41, 5.74) is 6.62. The Morgan fingerprint density at radius 3 is 3.00 bits per heavy atom. The zero-order chi connectivity index (χ0) is 11.4. The van der Waals surface area contributed by atoms with E-state index in [0.717, 1.165) is 37.5 Å². The molecule has 0 bridgehead atoms. The summed E-state index contributed by atoms with van der Waals surface area (Å²) in [6.45, 7) is 4.77. The normalized spacial score (nSPS) is 21.2. The molecule has 1 fully saturated rings. The molecule has 0 saturated carbocycles. The highest BCUT2D eigenvalue weighted by atomic mass is 35.5. The molecule has 0 amide bonds. The predicted molar refractivity (Wildman–Crippen MR) is 70.2 cm³/mol. The molecule has 0 aliphatic carbocycles. The number of aromatic nitrogens is 1. The maximum Gasteiger partial charge on any atom is 0.150 e. The highest BCUT2D eigenvalue weighted by Gasteiger charge is 2.22. The minimum Gasteiger partial charge on any atom is -0.360 e. The molecule has 2 rings (SSSR count). The molecule has 1 atom stereocenters. The standard InChI is InChI=1S/C12H21N3O.ClH/c1-10-8-12(16-14-10)9-15-7-3-2-4-11(15)5-6-13;/h8,11H,2-7,9,13H2,1H3;1H. The van der Waals surface area contributed by atoms with Crippen molar-refractivity contribution < 1.29 is 4.52 Å². The molecule has 1 aromatic rings. The topological polar surface area (TPSA) is 55.3 Å². The van der Waals surface area contributed by atoms with Gasteiger partial charge in [0.1, 0.15) is 0 Å². The number of rotatable bonds is 4. The number of nitrogens with two attached hydrogens (primary N) is 1. The summed E-state index contributed by atoms with van der Waals surface area (Å²) in [5.74, 6) is 0.974. The van der Waals surface area contributed by atoms with Crippen LogP contribution in [0.25, 0.3) is 0 Å². The average molecular weight is 260 g/mol. The number of aryl methyl sites for hydroxylation is 1. The van der Waals surface area contributed by atoms with Crippen molar-refractivity contribution >= 4 is 12.4 Å². The van der Waals surface area contributed by atoms with Crippen LogP contribution in [0.15, 0.2) is 10.6 Å². The molecule has 1 aliphatic heterocycles. The van der Waals surface area contributed by atoms with Crippen LogP contribution in [0.5, 0.6) is 0 Å². The van der Waals surface area contributed by atoms with Crippen molar-refractivity contribution in [1.29, 1.82) is 0 Å². The van der Waals surface area contributed by atoms with E-state index >= 15 is 0 Å². The number of nitrogens with zero attached hydrogens (tertiary/aromatic N) is 2. The zero-order valence-electron chi connectivity index (χ0n) is 10.4. The first kappa shape index (κ1) is 14.5. The van der Waals surface area contributed by atoms with Crippen molar-refractivity contribution in [1.82, 2.24) is 10.1 Å². The van der Waals surface area contributed by atoms with Crippen molar-refractivity contribution in [2.24, 2.45) is 5.73 Å². The third-order valence-electron chi connectivity index (χ3n) is 3.28. The molecular formula is C12H22ClN3O. The molecule has 1 unspecified atom stereocenters. The van der Waals surface area contributed by atoms with Gasteiger partial charge in [-0.2, -0.15) is 0 Å². The van der Waals surface area contributed by atoms with Crippen molar-refractivity contribution in [2.45, 2.75) is 45.2 Å². The fraction of sp³-hybridized carbons (Fsp3) is 0.750. The quantitative estimate of drug-likeness (QED) is 0.900. The maximum atomic E-state index is 5.66. The average Bonchev–Trinajstić information content (AvgIpc) is 2.67. The Bertz CT molecular complexity index is 327. The zero-order valence-corrected chi connectivity index (χ0v) is 11.2. The summed E-state index contributed by atoms with van der Waals surface area (Å²) in [7, 11) is 0. The molecule has 4 nitrogen and oxygen atoms in total. The van der Waals surface area contributed by atoms with Gasteiger partial charge in [0.15, 0.2) is 5.76 Å². The first-order valence-corrected chi connectivity index (χ1v) is 6.16. The molecule has 0 spiro atoms. The van der Waals surface area contributed by atoms with Gasteiger partial charge in [-0.1, -0.05) is 11.6 Å². The van der Waals surface area contributed by atoms with Gasteiger partial charge in [0, 0.05) is 12.1 Å². The SMILES string of the molecule is Cc1cc(CN2CCCCC2CCN)on1.Cl. The molecule has 17 heavy (non-hydrogen) atoms. The molecule has 0 aromatic carbocycles. The summed E-state index contributed by atoms with van der Waals surface area (Å²) >= 11 is 0. The largest absolute Gasteiger partial charge is 0.360 e. The summed E-state index contributed by atoms with van der Waals surface area (Å²) in [6.07, 6.45) is 4.97. The monoisotopic (exact) mass is 259 g/mol. The highest BCUT2D eigenvalue weighted by molar-refractivity contribution is 5.85. The van der Waals surface area contributed by atoms with E-state index in [1.807, 2.05) is 13.0 Å². The summed E-state index contributed by atoms with van der Waals surface area (Å²) in [4.78, 5) is 2.48. The molecule has 0 radical (unpaired) electrons. The van der Waals surface area contributed by atoms with E-state index in [1.165, 1.54) is 19.3 Å². The van der Waals surface area contributed by atoms with E-state index in [0.29, 0.717) is 6.04 Å². The Morgan fingerprint density at radius 2 is 2.35 bits per heavy atom. The van der Waals surface area contributed by atoms with Gasteiger partial charge in [0.25, 0.3) is 0 Å². The van der Waals surface area contributed by atoms with Crippen molar-refractivity contribution in [3.05, 3.63) is 17.5 Å². The lowest BCUT2D eigenvalue weighted by Crippen LogP contribution is -2.40. The van der Waals surface area contributed by atoms with Crippen LogP contribution in [0.4, 0.5) is 0 Å². The number of halogens is 1. The molecule has 1 saturated heterocycles. The van der Waals surface area contributed by atoms with Gasteiger partial charge in [-0.3, -0.25) is 4.90 Å². The maximum absolute atomic E-state index is 5.66. The summed E-state index contributed by atoms with van der Waals surface area (Å²) in [5, 5.41) is 3.93. The van der Waals surface area contributed by atoms with Gasteiger partial charge < -0.3 is 10.3 Å². The summed E-state index contributed by atoms with van der Waals surface area (Å²) < 4.78 is 5.27. The lowest BCUT2D eigenvalue weighted by Gasteiger charge is -2.34. The molecule has 2 N–H and O–H groups in total. The summed E-state index contributed by atoms with van der Waals surface area (Å²) in [6, 6.07) is 2.65. The van der Waals surface area contributed by atoms with Crippen LogP contribution < -0.4 is 5.73 Å². The molecule has 98 valence electrons. The molecular weight excluding hydrogens is 238 g/mol. The van der Waals surface area contributed by atoms with Gasteiger partial charge in [-0.25, -0.2) is 0 Å². The number of likely N-dealkylation sites (tertiary alicyclic amines) is 1. The predicted octanol–water partition coefficient (Wildman–Crippen LogP) is 2.11. The van der Waals surface area contributed by atoms with E-state index in [1.54, 1.807) is 0 Å². The Morgan fingerprint density at radius 1 is 1.53 bits per heavy atom. The third kappa shape index (κ3) is 3.98. The second kappa shape index (κ2) is 6.99. The smallest absolute Gasteiger partial charge is 0.150 e. The molecule has 1 aliphatic rings. The second-order valence-electron chi connectivity index (χ2n) is 4.63. The second-order valence-corrected chi connectivity index (χ2v) is 4.63. The fourth-order valence-corrected chi connectivity index (χ4v) is 2.48. The first-order valence-electron chi connectivity index (χ1n) is 6.16. The van der Waals surface area contributed by atoms with Crippen LogP contribution in [0.3, 0.4) is 0 Å². The van der Waals surface area contributed by atoms with Gasteiger partial charge in [-0.05, 0) is 39.3 Å². The third-order valence-corrected chi connectivity index (χ3v) is 3.28. The molecule has 2 heterocycles. The lowest BCUT2D eigenvalue weighted by atomic mass is 9.99. The van der Waals surface area contributed by atoms with Crippen LogP contribution >= 0.6 is 12.4 Å². The highest BCUT2D eigenvalue weighted by Crippen LogP contribution is 2.21. The minimum atomic E-state index is 0. The number of hydrogen-bond donors (Lipinski definition) is 1. The Labute approximate surface area is 109 Å². The van der Waals surface area contributed by atoms with Crippen LogP contribution in [-0.4, -0.2) is 29.2 Å². The number of hydrogen-bond acceptors (Lipinski definition) is 4. The Hall–Kier alpha value is -0.580. The van der Waals surface area contributed by atoms with Crippen LogP contribution in [0.1, 0.15) is 37.1 Å². The lowest BCUT2D eigenvalue weighted by molar-refractivity contribution is 0.121. The van der Waals surface area contributed by atoms with E-state index < -0.39 is 0 Å². The van der Waals surface area contributed by atoms with Crippen LogP contribution in [0, 0.1) is 6.92 Å². The van der Waals surface area contributed by atoms with E-state index in [2.05, 4.69) is 10.1 Å². The van der Waals surface area contributed by atoms with E-state index in [9.17, 15) is 0 Å².